The number of thiophene rings is 1. The van der Waals surface area contributed by atoms with Crippen LogP contribution in [-0.2, 0) is 0 Å². The Morgan fingerprint density at radius 1 is 1.43 bits per heavy atom. The van der Waals surface area contributed by atoms with Gasteiger partial charge in [-0.2, -0.15) is 0 Å². The molecule has 0 spiro atoms. The molecule has 0 amide bonds. The van der Waals surface area contributed by atoms with Gasteiger partial charge in [0.25, 0.3) is 0 Å². The number of aromatic hydroxyl groups is 1. The first-order valence-corrected chi connectivity index (χ1v) is 5.63. The number of carboxylic acids is 1. The van der Waals surface area contributed by atoms with Crippen molar-refractivity contribution in [2.45, 2.75) is 0 Å². The summed E-state index contributed by atoms with van der Waals surface area (Å²) < 4.78 is 1.88. The predicted molar refractivity (Wildman–Crippen MR) is 63.2 cm³/mol. The maximum Gasteiger partial charge on any atom is 0.340 e. The Morgan fingerprint density at radius 3 is 2.79 bits per heavy atom. The number of halogens is 1. The first kappa shape index (κ1) is 9.72. The van der Waals surface area contributed by atoms with Crippen molar-refractivity contribution in [2.24, 2.45) is 0 Å². The SMILES string of the molecule is O=C(O)c1c(O)ccc2sc(I)cc12. The smallest absolute Gasteiger partial charge is 0.340 e. The number of phenols is 1. The number of fused-ring (bicyclic) bond motifs is 1. The zero-order valence-electron chi connectivity index (χ0n) is 6.82. The molecule has 1 aromatic heterocycles. The van der Waals surface area contributed by atoms with Crippen molar-refractivity contribution in [3.63, 3.8) is 0 Å². The fourth-order valence-corrected chi connectivity index (χ4v) is 3.11. The maximum absolute atomic E-state index is 10.9. The van der Waals surface area contributed by atoms with Gasteiger partial charge in [0.2, 0.25) is 0 Å². The van der Waals surface area contributed by atoms with Crippen LogP contribution in [0.4, 0.5) is 0 Å². The summed E-state index contributed by atoms with van der Waals surface area (Å²) in [5, 5.41) is 18.9. The standard InChI is InChI=1S/C9H5IO3S/c10-7-3-4-6(14-7)2-1-5(11)8(4)9(12)13/h1-3,11H,(H,12,13). The fraction of sp³-hybridized carbons (Fsp3) is 0. The second-order valence-electron chi connectivity index (χ2n) is 2.73. The van der Waals surface area contributed by atoms with Gasteiger partial charge in [0.15, 0.2) is 0 Å². The molecule has 1 heterocycles. The van der Waals surface area contributed by atoms with Gasteiger partial charge >= 0.3 is 5.97 Å². The second kappa shape index (κ2) is 3.39. The van der Waals surface area contributed by atoms with E-state index < -0.39 is 5.97 Å². The number of carbonyl (C=O) groups is 1. The molecule has 0 aliphatic carbocycles. The molecular weight excluding hydrogens is 315 g/mol. The van der Waals surface area contributed by atoms with E-state index in [0.29, 0.717) is 5.39 Å². The molecule has 14 heavy (non-hydrogen) atoms. The van der Waals surface area contributed by atoms with Gasteiger partial charge in [-0.25, -0.2) is 4.79 Å². The lowest BCUT2D eigenvalue weighted by atomic mass is 10.1. The van der Waals surface area contributed by atoms with Crippen LogP contribution in [0.1, 0.15) is 10.4 Å². The minimum Gasteiger partial charge on any atom is -0.507 e. The number of rotatable bonds is 1. The van der Waals surface area contributed by atoms with Crippen molar-refractivity contribution in [1.82, 2.24) is 0 Å². The topological polar surface area (TPSA) is 57.5 Å². The van der Waals surface area contributed by atoms with Gasteiger partial charge in [-0.15, -0.1) is 11.3 Å². The van der Waals surface area contributed by atoms with Crippen LogP contribution in [0.3, 0.4) is 0 Å². The summed E-state index contributed by atoms with van der Waals surface area (Å²) in [6.45, 7) is 0. The summed E-state index contributed by atoms with van der Waals surface area (Å²) in [4.78, 5) is 10.9. The highest BCUT2D eigenvalue weighted by molar-refractivity contribution is 14.1. The molecule has 1 aromatic carbocycles. The molecule has 0 radical (unpaired) electrons. The Hall–Kier alpha value is -0.820. The number of hydrogen-bond donors (Lipinski definition) is 2. The van der Waals surface area contributed by atoms with E-state index in [0.717, 1.165) is 7.58 Å². The molecule has 0 saturated heterocycles. The van der Waals surface area contributed by atoms with Crippen LogP contribution in [0, 0.1) is 2.88 Å². The molecule has 2 rings (SSSR count). The lowest BCUT2D eigenvalue weighted by Crippen LogP contribution is -1.96. The molecule has 0 aliphatic rings. The van der Waals surface area contributed by atoms with Crippen LogP contribution in [0.5, 0.6) is 5.75 Å². The van der Waals surface area contributed by atoms with Gasteiger partial charge < -0.3 is 10.2 Å². The van der Waals surface area contributed by atoms with Gasteiger partial charge in [0.05, 0.1) is 2.88 Å². The largest absolute Gasteiger partial charge is 0.507 e. The number of hydrogen-bond acceptors (Lipinski definition) is 3. The summed E-state index contributed by atoms with van der Waals surface area (Å²) in [6, 6.07) is 4.91. The van der Waals surface area contributed by atoms with Gasteiger partial charge in [-0.1, -0.05) is 0 Å². The van der Waals surface area contributed by atoms with Gasteiger partial charge in [0.1, 0.15) is 11.3 Å². The third-order valence-electron chi connectivity index (χ3n) is 1.86. The Balaban J connectivity index is 2.88. The lowest BCUT2D eigenvalue weighted by molar-refractivity contribution is 0.0696. The van der Waals surface area contributed by atoms with Crippen molar-refractivity contribution in [1.29, 1.82) is 0 Å². The van der Waals surface area contributed by atoms with Crippen molar-refractivity contribution in [2.75, 3.05) is 0 Å². The zero-order chi connectivity index (χ0) is 10.3. The molecule has 3 nitrogen and oxygen atoms in total. The predicted octanol–water partition coefficient (Wildman–Crippen LogP) is 2.91. The molecule has 2 N–H and O–H groups in total. The molecule has 0 aliphatic heterocycles. The highest BCUT2D eigenvalue weighted by Crippen LogP contribution is 2.33. The average Bonchev–Trinajstić information content (AvgIpc) is 2.43. The monoisotopic (exact) mass is 320 g/mol. The molecule has 0 fully saturated rings. The minimum atomic E-state index is -1.10. The molecule has 0 atom stereocenters. The number of aromatic carboxylic acids is 1. The molecule has 0 unspecified atom stereocenters. The highest BCUT2D eigenvalue weighted by Gasteiger charge is 2.15. The summed E-state index contributed by atoms with van der Waals surface area (Å²) in [5.74, 6) is -1.28. The summed E-state index contributed by atoms with van der Waals surface area (Å²) in [5.41, 5.74) is -0.0123. The quantitative estimate of drug-likeness (QED) is 0.795. The third kappa shape index (κ3) is 1.46. The van der Waals surface area contributed by atoms with E-state index in [4.69, 9.17) is 5.11 Å². The zero-order valence-corrected chi connectivity index (χ0v) is 9.79. The average molecular weight is 320 g/mol. The molecule has 0 bridgehead atoms. The molecule has 0 saturated carbocycles. The molecular formula is C9H5IO3S. The molecule has 5 heteroatoms. The first-order valence-electron chi connectivity index (χ1n) is 3.74. The minimum absolute atomic E-state index is 0.0123. The number of carboxylic acid groups (broad SMARTS) is 1. The van der Waals surface area contributed by atoms with E-state index in [1.807, 2.05) is 0 Å². The Bertz CT molecular complexity index is 518. The molecule has 72 valence electrons. The van der Waals surface area contributed by atoms with Crippen molar-refractivity contribution >= 4 is 50.0 Å². The summed E-state index contributed by atoms with van der Waals surface area (Å²) in [6.07, 6.45) is 0. The first-order chi connectivity index (χ1) is 6.59. The van der Waals surface area contributed by atoms with E-state index in [2.05, 4.69) is 22.6 Å². The Labute approximate surface area is 97.1 Å². The Morgan fingerprint density at radius 2 is 2.14 bits per heavy atom. The second-order valence-corrected chi connectivity index (χ2v) is 5.71. The summed E-state index contributed by atoms with van der Waals surface area (Å²) >= 11 is 3.63. The lowest BCUT2D eigenvalue weighted by Gasteiger charge is -1.99. The van der Waals surface area contributed by atoms with Crippen LogP contribution in [0.25, 0.3) is 10.1 Å². The van der Waals surface area contributed by atoms with Crippen LogP contribution >= 0.6 is 33.9 Å². The van der Waals surface area contributed by atoms with E-state index in [1.165, 1.54) is 17.4 Å². The van der Waals surface area contributed by atoms with Gasteiger partial charge in [-0.3, -0.25) is 0 Å². The van der Waals surface area contributed by atoms with E-state index in [-0.39, 0.29) is 11.3 Å². The van der Waals surface area contributed by atoms with Crippen LogP contribution in [-0.4, -0.2) is 16.2 Å². The van der Waals surface area contributed by atoms with Gasteiger partial charge in [0, 0.05) is 10.1 Å². The Kier molecular flexibility index (Phi) is 2.36. The van der Waals surface area contributed by atoms with E-state index in [9.17, 15) is 9.90 Å². The fourth-order valence-electron chi connectivity index (χ4n) is 1.29. The number of benzene rings is 1. The van der Waals surface area contributed by atoms with E-state index >= 15 is 0 Å². The maximum atomic E-state index is 10.9. The van der Waals surface area contributed by atoms with E-state index in [1.54, 1.807) is 12.1 Å². The highest BCUT2D eigenvalue weighted by atomic mass is 127. The van der Waals surface area contributed by atoms with Crippen molar-refractivity contribution < 1.29 is 15.0 Å². The van der Waals surface area contributed by atoms with Crippen molar-refractivity contribution in [3.05, 3.63) is 26.6 Å². The summed E-state index contributed by atoms with van der Waals surface area (Å²) in [7, 11) is 0. The van der Waals surface area contributed by atoms with Crippen LogP contribution in [0.2, 0.25) is 0 Å². The van der Waals surface area contributed by atoms with Gasteiger partial charge in [-0.05, 0) is 40.8 Å². The van der Waals surface area contributed by atoms with Crippen LogP contribution in [0.15, 0.2) is 18.2 Å². The normalized spacial score (nSPS) is 10.6. The van der Waals surface area contributed by atoms with Crippen molar-refractivity contribution in [3.8, 4) is 5.75 Å². The van der Waals surface area contributed by atoms with Crippen LogP contribution < -0.4 is 0 Å². The third-order valence-corrected chi connectivity index (χ3v) is 3.72. The molecule has 2 aromatic rings.